The van der Waals surface area contributed by atoms with Crippen LogP contribution in [0, 0.1) is 5.82 Å². The second-order valence-electron chi connectivity index (χ2n) is 3.30. The summed E-state index contributed by atoms with van der Waals surface area (Å²) in [5.41, 5.74) is 0.293. The van der Waals surface area contributed by atoms with E-state index in [1.54, 1.807) is 6.07 Å². The fourth-order valence-corrected chi connectivity index (χ4v) is 1.99. The summed E-state index contributed by atoms with van der Waals surface area (Å²) < 4.78 is 13.6. The predicted molar refractivity (Wildman–Crippen MR) is 71.4 cm³/mol. The van der Waals surface area contributed by atoms with Crippen LogP contribution in [0.4, 0.5) is 4.39 Å². The van der Waals surface area contributed by atoms with E-state index in [9.17, 15) is 9.18 Å². The lowest BCUT2D eigenvalue weighted by Gasteiger charge is -2.20. The van der Waals surface area contributed by atoms with Crippen LogP contribution in [0.25, 0.3) is 0 Å². The molecule has 0 radical (unpaired) electrons. The molecule has 6 heteroatoms. The molecular formula is C11H11BrCl2FNO. The molecule has 1 amide bonds. The molecule has 1 aromatic rings. The van der Waals surface area contributed by atoms with Crippen LogP contribution in [0.3, 0.4) is 0 Å². The molecule has 0 saturated heterocycles. The first-order valence-electron chi connectivity index (χ1n) is 4.96. The standard InChI is InChI=1S/C11H11BrCl2FNO/c12-9-2-1-8(7-10(9)15)11(17)16(5-3-13)6-4-14/h1-2,7H,3-6H2. The van der Waals surface area contributed by atoms with E-state index in [1.807, 2.05) is 0 Å². The number of rotatable bonds is 5. The summed E-state index contributed by atoms with van der Waals surface area (Å²) in [7, 11) is 0. The second kappa shape index (κ2) is 7.19. The van der Waals surface area contributed by atoms with Gasteiger partial charge in [0.05, 0.1) is 4.47 Å². The van der Waals surface area contributed by atoms with Gasteiger partial charge in [0, 0.05) is 30.4 Å². The third-order valence-corrected chi connectivity index (χ3v) is 3.14. The predicted octanol–water partition coefficient (Wildman–Crippen LogP) is 3.51. The molecule has 17 heavy (non-hydrogen) atoms. The Bertz CT molecular complexity index is 397. The number of alkyl halides is 2. The summed E-state index contributed by atoms with van der Waals surface area (Å²) >= 11 is 14.2. The van der Waals surface area contributed by atoms with Gasteiger partial charge < -0.3 is 4.90 Å². The molecule has 0 bridgehead atoms. The molecule has 0 spiro atoms. The Morgan fingerprint density at radius 2 is 1.88 bits per heavy atom. The van der Waals surface area contributed by atoms with Crippen LogP contribution in [0.15, 0.2) is 22.7 Å². The summed E-state index contributed by atoms with van der Waals surface area (Å²) in [4.78, 5) is 13.5. The smallest absolute Gasteiger partial charge is 0.254 e. The Hall–Kier alpha value is -0.320. The topological polar surface area (TPSA) is 20.3 Å². The van der Waals surface area contributed by atoms with Gasteiger partial charge in [-0.15, -0.1) is 23.2 Å². The Labute approximate surface area is 118 Å². The summed E-state index contributed by atoms with van der Waals surface area (Å²) in [5, 5.41) is 0. The fraction of sp³-hybridized carbons (Fsp3) is 0.364. The minimum atomic E-state index is -0.465. The lowest BCUT2D eigenvalue weighted by molar-refractivity contribution is 0.0774. The van der Waals surface area contributed by atoms with E-state index in [4.69, 9.17) is 23.2 Å². The van der Waals surface area contributed by atoms with Crippen molar-refractivity contribution in [2.24, 2.45) is 0 Å². The minimum Gasteiger partial charge on any atom is -0.336 e. The number of nitrogens with zero attached hydrogens (tertiary/aromatic N) is 1. The van der Waals surface area contributed by atoms with Gasteiger partial charge in [0.2, 0.25) is 0 Å². The molecule has 0 aliphatic heterocycles. The van der Waals surface area contributed by atoms with E-state index in [1.165, 1.54) is 17.0 Å². The summed E-state index contributed by atoms with van der Waals surface area (Å²) in [6, 6.07) is 4.26. The zero-order chi connectivity index (χ0) is 12.8. The van der Waals surface area contributed by atoms with Gasteiger partial charge >= 0.3 is 0 Å². The van der Waals surface area contributed by atoms with Crippen molar-refractivity contribution in [3.8, 4) is 0 Å². The van der Waals surface area contributed by atoms with Crippen molar-refractivity contribution in [1.82, 2.24) is 4.90 Å². The van der Waals surface area contributed by atoms with Crippen molar-refractivity contribution >= 4 is 45.0 Å². The van der Waals surface area contributed by atoms with E-state index in [-0.39, 0.29) is 5.91 Å². The quantitative estimate of drug-likeness (QED) is 0.750. The maximum Gasteiger partial charge on any atom is 0.254 e. The van der Waals surface area contributed by atoms with Crippen LogP contribution in [-0.2, 0) is 0 Å². The van der Waals surface area contributed by atoms with Crippen molar-refractivity contribution in [1.29, 1.82) is 0 Å². The van der Waals surface area contributed by atoms with Gasteiger partial charge in [-0.3, -0.25) is 4.79 Å². The molecule has 0 N–H and O–H groups in total. The normalized spacial score (nSPS) is 10.4. The number of benzene rings is 1. The Balaban J connectivity index is 2.88. The number of carbonyl (C=O) groups is 1. The van der Waals surface area contributed by atoms with Gasteiger partial charge in [-0.05, 0) is 34.1 Å². The van der Waals surface area contributed by atoms with Crippen molar-refractivity contribution in [3.63, 3.8) is 0 Å². The highest BCUT2D eigenvalue weighted by molar-refractivity contribution is 9.10. The number of carbonyl (C=O) groups excluding carboxylic acids is 1. The first-order chi connectivity index (χ1) is 8.10. The summed E-state index contributed by atoms with van der Waals surface area (Å²) in [5.74, 6) is -0.0891. The zero-order valence-corrected chi connectivity index (χ0v) is 12.0. The molecule has 0 saturated carbocycles. The molecule has 0 fully saturated rings. The largest absolute Gasteiger partial charge is 0.336 e. The maximum absolute atomic E-state index is 13.3. The average molecular weight is 343 g/mol. The molecule has 0 aromatic heterocycles. The molecule has 0 aliphatic carbocycles. The Morgan fingerprint density at radius 1 is 1.29 bits per heavy atom. The number of amides is 1. The van der Waals surface area contributed by atoms with Crippen molar-refractivity contribution in [3.05, 3.63) is 34.1 Å². The summed E-state index contributed by atoms with van der Waals surface area (Å²) in [6.45, 7) is 0.787. The lowest BCUT2D eigenvalue weighted by atomic mass is 10.2. The molecule has 0 aliphatic rings. The first kappa shape index (κ1) is 14.7. The van der Waals surface area contributed by atoms with Crippen molar-refractivity contribution in [2.75, 3.05) is 24.8 Å². The molecule has 1 rings (SSSR count). The van der Waals surface area contributed by atoms with Crippen LogP contribution in [-0.4, -0.2) is 35.7 Å². The molecule has 0 atom stereocenters. The fourth-order valence-electron chi connectivity index (χ4n) is 1.33. The lowest BCUT2D eigenvalue weighted by Crippen LogP contribution is -2.34. The van der Waals surface area contributed by atoms with Crippen LogP contribution in [0.1, 0.15) is 10.4 Å². The molecular weight excluding hydrogens is 332 g/mol. The van der Waals surface area contributed by atoms with Crippen molar-refractivity contribution < 1.29 is 9.18 Å². The van der Waals surface area contributed by atoms with E-state index in [0.717, 1.165) is 0 Å². The van der Waals surface area contributed by atoms with E-state index < -0.39 is 5.82 Å². The molecule has 0 heterocycles. The minimum absolute atomic E-state index is 0.266. The van der Waals surface area contributed by atoms with Gasteiger partial charge in [0.25, 0.3) is 5.91 Å². The SMILES string of the molecule is O=C(c1ccc(Br)c(F)c1)N(CCCl)CCCl. The number of halogens is 4. The van der Waals surface area contributed by atoms with Crippen LogP contribution in [0.2, 0.25) is 0 Å². The maximum atomic E-state index is 13.3. The van der Waals surface area contributed by atoms with Gasteiger partial charge in [-0.1, -0.05) is 0 Å². The van der Waals surface area contributed by atoms with E-state index in [2.05, 4.69) is 15.9 Å². The first-order valence-corrected chi connectivity index (χ1v) is 6.82. The Kier molecular flexibility index (Phi) is 6.23. The molecule has 0 unspecified atom stereocenters. The zero-order valence-electron chi connectivity index (χ0n) is 8.93. The van der Waals surface area contributed by atoms with E-state index in [0.29, 0.717) is 34.9 Å². The number of hydrogen-bond acceptors (Lipinski definition) is 1. The van der Waals surface area contributed by atoms with Crippen molar-refractivity contribution in [2.45, 2.75) is 0 Å². The third-order valence-electron chi connectivity index (χ3n) is 2.16. The second-order valence-corrected chi connectivity index (χ2v) is 4.91. The van der Waals surface area contributed by atoms with Gasteiger partial charge in [0.1, 0.15) is 5.82 Å². The van der Waals surface area contributed by atoms with Gasteiger partial charge in [-0.25, -0.2) is 4.39 Å². The molecule has 1 aromatic carbocycles. The summed E-state index contributed by atoms with van der Waals surface area (Å²) in [6.07, 6.45) is 0. The van der Waals surface area contributed by atoms with E-state index >= 15 is 0 Å². The third kappa shape index (κ3) is 4.12. The van der Waals surface area contributed by atoms with Gasteiger partial charge in [-0.2, -0.15) is 0 Å². The van der Waals surface area contributed by atoms with Crippen LogP contribution >= 0.6 is 39.1 Å². The van der Waals surface area contributed by atoms with Gasteiger partial charge in [0.15, 0.2) is 0 Å². The van der Waals surface area contributed by atoms with Crippen LogP contribution < -0.4 is 0 Å². The highest BCUT2D eigenvalue weighted by Gasteiger charge is 2.15. The molecule has 94 valence electrons. The average Bonchev–Trinajstić information content (AvgIpc) is 2.31. The highest BCUT2D eigenvalue weighted by atomic mass is 79.9. The Morgan fingerprint density at radius 3 is 2.35 bits per heavy atom. The van der Waals surface area contributed by atoms with Crippen LogP contribution in [0.5, 0.6) is 0 Å². The molecule has 2 nitrogen and oxygen atoms in total. The number of hydrogen-bond donors (Lipinski definition) is 0. The highest BCUT2D eigenvalue weighted by Crippen LogP contribution is 2.17. The monoisotopic (exact) mass is 341 g/mol.